The van der Waals surface area contributed by atoms with E-state index in [2.05, 4.69) is 25.6 Å². The smallest absolute Gasteiger partial charge is 0.488 e. The molecule has 1 aliphatic heterocycles. The second-order valence-corrected chi connectivity index (χ2v) is 11.9. The van der Waals surface area contributed by atoms with Crippen LogP contribution in [0.3, 0.4) is 0 Å². The average molecular weight is 609 g/mol. The van der Waals surface area contributed by atoms with Crippen LogP contribution >= 0.6 is 27.3 Å². The maximum Gasteiger partial charge on any atom is 0.573 e. The third-order valence-electron chi connectivity index (χ3n) is 7.97. The number of halogens is 4. The number of carbonyl (C=O) groups excluding carboxylic acids is 1. The van der Waals surface area contributed by atoms with E-state index >= 15 is 0 Å². The summed E-state index contributed by atoms with van der Waals surface area (Å²) in [6.45, 7) is 3.53. The third kappa shape index (κ3) is 4.43. The third-order valence-corrected chi connectivity index (χ3v) is 9.37. The summed E-state index contributed by atoms with van der Waals surface area (Å²) in [6, 6.07) is 10.1. The number of thiazole rings is 1. The van der Waals surface area contributed by atoms with Gasteiger partial charge in [0.1, 0.15) is 18.1 Å². The molecule has 2 heterocycles. The number of alkyl halides is 3. The molecule has 0 radical (unpaired) electrons. The molecule has 0 N–H and O–H groups in total. The molecular formula is C27H24BrF3N2O4S. The van der Waals surface area contributed by atoms with Crippen LogP contribution in [0.5, 0.6) is 11.5 Å². The SMILES string of the molecule is COC(=O)C1C2CN(c3nc(-c4cc(C)ccc4OCc4ccc(Br)cc4OC(F)(F)F)cs3)CC23CC13. The van der Waals surface area contributed by atoms with Crippen molar-refractivity contribution in [1.82, 2.24) is 4.98 Å². The number of aromatic nitrogens is 1. The summed E-state index contributed by atoms with van der Waals surface area (Å²) in [5.74, 6) is 0.816. The number of carbonyl (C=O) groups is 1. The first-order valence-electron chi connectivity index (χ1n) is 12.1. The number of rotatable bonds is 7. The minimum Gasteiger partial charge on any atom is -0.488 e. The number of aryl methyl sites for hydroxylation is 1. The molecule has 3 aromatic rings. The summed E-state index contributed by atoms with van der Waals surface area (Å²) >= 11 is 4.73. The summed E-state index contributed by atoms with van der Waals surface area (Å²) in [4.78, 5) is 19.4. The van der Waals surface area contributed by atoms with E-state index < -0.39 is 6.36 Å². The first-order chi connectivity index (χ1) is 18.1. The highest BCUT2D eigenvalue weighted by atomic mass is 79.9. The quantitative estimate of drug-likeness (QED) is 0.282. The molecule has 2 aliphatic carbocycles. The van der Waals surface area contributed by atoms with Gasteiger partial charge in [-0.05, 0) is 54.9 Å². The minimum atomic E-state index is -4.81. The van der Waals surface area contributed by atoms with Crippen LogP contribution in [-0.4, -0.2) is 37.5 Å². The summed E-state index contributed by atoms with van der Waals surface area (Å²) in [5.41, 5.74) is 3.00. The van der Waals surface area contributed by atoms with Crippen LogP contribution in [0, 0.1) is 30.1 Å². The van der Waals surface area contributed by atoms with Crippen LogP contribution < -0.4 is 14.4 Å². The van der Waals surface area contributed by atoms with Crippen molar-refractivity contribution in [3.05, 3.63) is 57.4 Å². The molecule has 1 aromatic heterocycles. The van der Waals surface area contributed by atoms with Gasteiger partial charge in [0.25, 0.3) is 0 Å². The number of nitrogens with zero attached hydrogens (tertiary/aromatic N) is 2. The van der Waals surface area contributed by atoms with E-state index in [0.717, 1.165) is 41.5 Å². The Morgan fingerprint density at radius 3 is 2.79 bits per heavy atom. The molecular weight excluding hydrogens is 585 g/mol. The highest BCUT2D eigenvalue weighted by Gasteiger charge is 2.78. The molecule has 2 aromatic carbocycles. The van der Waals surface area contributed by atoms with Gasteiger partial charge in [-0.2, -0.15) is 0 Å². The van der Waals surface area contributed by atoms with E-state index in [9.17, 15) is 18.0 Å². The Labute approximate surface area is 229 Å². The molecule has 1 saturated heterocycles. The number of benzene rings is 2. The molecule has 4 unspecified atom stereocenters. The summed E-state index contributed by atoms with van der Waals surface area (Å²) in [7, 11) is 1.45. The van der Waals surface area contributed by atoms with Crippen molar-refractivity contribution in [2.45, 2.75) is 26.3 Å². The molecule has 6 nitrogen and oxygen atoms in total. The van der Waals surface area contributed by atoms with Gasteiger partial charge in [0.05, 0.1) is 18.7 Å². The van der Waals surface area contributed by atoms with Crippen molar-refractivity contribution in [1.29, 1.82) is 0 Å². The van der Waals surface area contributed by atoms with Crippen LogP contribution in [0.25, 0.3) is 11.3 Å². The largest absolute Gasteiger partial charge is 0.573 e. The number of methoxy groups -OCH3 is 1. The first-order valence-corrected chi connectivity index (χ1v) is 13.8. The fourth-order valence-electron chi connectivity index (χ4n) is 6.17. The van der Waals surface area contributed by atoms with Crippen LogP contribution in [0.1, 0.15) is 17.5 Å². The summed E-state index contributed by atoms with van der Waals surface area (Å²) in [5, 5.41) is 2.86. The number of hydrogen-bond acceptors (Lipinski definition) is 7. The molecule has 0 bridgehead atoms. The molecule has 11 heteroatoms. The van der Waals surface area contributed by atoms with E-state index in [-0.39, 0.29) is 35.2 Å². The Bertz CT molecular complexity index is 1410. The van der Waals surface area contributed by atoms with Gasteiger partial charge < -0.3 is 19.1 Å². The lowest BCUT2D eigenvalue weighted by atomic mass is 9.66. The average Bonchev–Trinajstić information content (AvgIpc) is 3.13. The first kappa shape index (κ1) is 25.5. The van der Waals surface area contributed by atoms with Crippen molar-refractivity contribution in [3.63, 3.8) is 0 Å². The topological polar surface area (TPSA) is 60.9 Å². The lowest BCUT2D eigenvalue weighted by Crippen LogP contribution is -2.43. The molecule has 3 fully saturated rings. The van der Waals surface area contributed by atoms with Crippen LogP contribution in [-0.2, 0) is 16.1 Å². The Morgan fingerprint density at radius 1 is 1.21 bits per heavy atom. The standard InChI is InChI=1S/C27H24BrF3N2O4S/c1-14-3-6-21(36-11-15-4-5-16(28)8-22(15)37-27(29,30)31)17(7-14)20-12-38-25(32-20)33-10-19-23(24(34)35-2)18-9-26(18,19)13-33/h3-8,12,18-19,23H,9-11,13H2,1-2H3. The maximum absolute atomic E-state index is 12.9. The van der Waals surface area contributed by atoms with Gasteiger partial charge in [-0.15, -0.1) is 24.5 Å². The van der Waals surface area contributed by atoms with E-state index in [1.54, 1.807) is 12.1 Å². The number of ether oxygens (including phenoxy) is 3. The lowest BCUT2D eigenvalue weighted by molar-refractivity contribution is -0.275. The summed E-state index contributed by atoms with van der Waals surface area (Å²) < 4.78 is 54.5. The number of esters is 1. The molecule has 4 atom stereocenters. The molecule has 1 spiro atoms. The Balaban J connectivity index is 1.21. The second kappa shape index (κ2) is 9.15. The van der Waals surface area contributed by atoms with E-state index in [1.165, 1.54) is 30.6 Å². The van der Waals surface area contributed by atoms with E-state index in [4.69, 9.17) is 14.5 Å². The van der Waals surface area contributed by atoms with Crippen LogP contribution in [0.4, 0.5) is 18.3 Å². The van der Waals surface area contributed by atoms with Gasteiger partial charge in [0.2, 0.25) is 0 Å². The molecule has 6 rings (SSSR count). The van der Waals surface area contributed by atoms with Crippen molar-refractivity contribution in [2.75, 3.05) is 25.1 Å². The summed E-state index contributed by atoms with van der Waals surface area (Å²) in [6.07, 6.45) is -3.74. The van der Waals surface area contributed by atoms with Gasteiger partial charge in [-0.1, -0.05) is 33.6 Å². The highest BCUT2D eigenvalue weighted by molar-refractivity contribution is 9.10. The highest BCUT2D eigenvalue weighted by Crippen LogP contribution is 2.77. The molecule has 2 saturated carbocycles. The minimum absolute atomic E-state index is 0.00830. The molecule has 0 amide bonds. The number of anilines is 1. The molecule has 38 heavy (non-hydrogen) atoms. The van der Waals surface area contributed by atoms with Crippen molar-refractivity contribution >= 4 is 38.4 Å². The van der Waals surface area contributed by atoms with Crippen molar-refractivity contribution < 1.29 is 32.2 Å². The fraction of sp³-hybridized carbons (Fsp3) is 0.407. The van der Waals surface area contributed by atoms with Gasteiger partial charge in [0, 0.05) is 34.1 Å². The van der Waals surface area contributed by atoms with E-state index in [0.29, 0.717) is 22.1 Å². The second-order valence-electron chi connectivity index (χ2n) is 10.2. The van der Waals surface area contributed by atoms with Gasteiger partial charge >= 0.3 is 12.3 Å². The van der Waals surface area contributed by atoms with Gasteiger partial charge in [0.15, 0.2) is 5.13 Å². The fourth-order valence-corrected chi connectivity index (χ4v) is 7.34. The van der Waals surface area contributed by atoms with E-state index in [1.807, 2.05) is 24.4 Å². The van der Waals surface area contributed by atoms with Crippen LogP contribution in [0.15, 0.2) is 46.3 Å². The van der Waals surface area contributed by atoms with Crippen molar-refractivity contribution in [3.8, 4) is 22.8 Å². The zero-order valence-electron chi connectivity index (χ0n) is 20.5. The predicted molar refractivity (Wildman–Crippen MR) is 139 cm³/mol. The Hall–Kier alpha value is -2.79. The zero-order valence-corrected chi connectivity index (χ0v) is 23.0. The Kier molecular flexibility index (Phi) is 6.14. The Morgan fingerprint density at radius 2 is 2.03 bits per heavy atom. The van der Waals surface area contributed by atoms with Gasteiger partial charge in [-0.25, -0.2) is 4.98 Å². The predicted octanol–water partition coefficient (Wildman–Crippen LogP) is 6.60. The lowest BCUT2D eigenvalue weighted by Gasteiger charge is -2.36. The van der Waals surface area contributed by atoms with Crippen LogP contribution in [0.2, 0.25) is 0 Å². The zero-order chi connectivity index (χ0) is 26.8. The number of hydrogen-bond donors (Lipinski definition) is 0. The van der Waals surface area contributed by atoms with Gasteiger partial charge in [-0.3, -0.25) is 4.79 Å². The molecule has 200 valence electrons. The molecule has 3 aliphatic rings. The monoisotopic (exact) mass is 608 g/mol. The normalized spacial score (nSPS) is 25.3. The van der Waals surface area contributed by atoms with Crippen molar-refractivity contribution in [2.24, 2.45) is 23.2 Å². The maximum atomic E-state index is 12.9.